The minimum absolute atomic E-state index is 0.185. The second kappa shape index (κ2) is 7.45. The molecule has 0 N–H and O–H groups in total. The number of pyridine rings is 1. The first-order chi connectivity index (χ1) is 12.7. The number of nitrogens with zero attached hydrogens (tertiary/aromatic N) is 6. The van der Waals surface area contributed by atoms with E-state index in [0.717, 1.165) is 63.5 Å². The summed E-state index contributed by atoms with van der Waals surface area (Å²) < 4.78 is 2.06. The van der Waals surface area contributed by atoms with Crippen LogP contribution in [0.2, 0.25) is 0 Å². The molecule has 0 spiro atoms. The van der Waals surface area contributed by atoms with Gasteiger partial charge in [0.15, 0.2) is 0 Å². The molecule has 0 atom stereocenters. The molecule has 2 aromatic rings. The zero-order valence-electron chi connectivity index (χ0n) is 15.3. The lowest BCUT2D eigenvalue weighted by Crippen LogP contribution is -2.45. The smallest absolute Gasteiger partial charge is 0.320 e. The van der Waals surface area contributed by atoms with Crippen LogP contribution in [0.5, 0.6) is 0 Å². The van der Waals surface area contributed by atoms with Crippen LogP contribution in [0.25, 0.3) is 0 Å². The number of carbonyl (C=O) groups is 1. The van der Waals surface area contributed by atoms with Crippen LogP contribution in [0.3, 0.4) is 0 Å². The summed E-state index contributed by atoms with van der Waals surface area (Å²) >= 11 is 0. The Kier molecular flexibility index (Phi) is 4.88. The molecule has 0 aliphatic carbocycles. The average molecular weight is 354 g/mol. The molecule has 0 saturated carbocycles. The lowest BCUT2D eigenvalue weighted by Gasteiger charge is -2.31. The van der Waals surface area contributed by atoms with Crippen LogP contribution in [0.15, 0.2) is 30.6 Å². The Labute approximate surface area is 154 Å². The third-order valence-corrected chi connectivity index (χ3v) is 5.10. The summed E-state index contributed by atoms with van der Waals surface area (Å²) in [6.07, 6.45) is 5.95. The molecule has 0 radical (unpaired) electrons. The number of hydrogen-bond donors (Lipinski definition) is 0. The standard InChI is InChI=1S/C19H26N6O/c1-22(13-16-5-4-6-20-12-16)14-17-11-18-15-24(9-10-25(18)21-17)19(26)23-7-2-3-8-23/h4-6,11-12H,2-3,7-10,13-15H2,1H3. The minimum Gasteiger partial charge on any atom is -0.325 e. The van der Waals surface area contributed by atoms with Gasteiger partial charge in [-0.25, -0.2) is 4.79 Å². The van der Waals surface area contributed by atoms with Crippen molar-refractivity contribution in [2.45, 2.75) is 39.0 Å². The molecule has 138 valence electrons. The Morgan fingerprint density at radius 1 is 1.15 bits per heavy atom. The van der Waals surface area contributed by atoms with Crippen molar-refractivity contribution in [1.82, 2.24) is 29.5 Å². The summed E-state index contributed by atoms with van der Waals surface area (Å²) in [4.78, 5) is 23.0. The van der Waals surface area contributed by atoms with Crippen molar-refractivity contribution in [3.05, 3.63) is 47.5 Å². The van der Waals surface area contributed by atoms with Crippen molar-refractivity contribution < 1.29 is 4.79 Å². The fourth-order valence-corrected chi connectivity index (χ4v) is 3.81. The predicted molar refractivity (Wildman–Crippen MR) is 98.2 cm³/mol. The lowest BCUT2D eigenvalue weighted by atomic mass is 10.2. The van der Waals surface area contributed by atoms with Gasteiger partial charge in [0.05, 0.1) is 24.5 Å². The van der Waals surface area contributed by atoms with Crippen LogP contribution in [0.4, 0.5) is 4.79 Å². The molecule has 4 rings (SSSR count). The highest BCUT2D eigenvalue weighted by molar-refractivity contribution is 5.74. The van der Waals surface area contributed by atoms with E-state index in [0.29, 0.717) is 6.54 Å². The molecule has 0 bridgehead atoms. The van der Waals surface area contributed by atoms with Crippen LogP contribution >= 0.6 is 0 Å². The molecule has 2 aliphatic heterocycles. The fraction of sp³-hybridized carbons (Fsp3) is 0.526. The number of likely N-dealkylation sites (tertiary alicyclic amines) is 1. The highest BCUT2D eigenvalue weighted by Crippen LogP contribution is 2.18. The maximum absolute atomic E-state index is 12.6. The van der Waals surface area contributed by atoms with Crippen LogP contribution < -0.4 is 0 Å². The van der Waals surface area contributed by atoms with Gasteiger partial charge in [0.1, 0.15) is 0 Å². The monoisotopic (exact) mass is 354 g/mol. The Bertz CT molecular complexity index is 753. The van der Waals surface area contributed by atoms with E-state index in [9.17, 15) is 4.79 Å². The van der Waals surface area contributed by atoms with Crippen LogP contribution in [-0.4, -0.2) is 62.2 Å². The van der Waals surface area contributed by atoms with Gasteiger partial charge < -0.3 is 9.80 Å². The predicted octanol–water partition coefficient (Wildman–Crippen LogP) is 1.94. The Hall–Kier alpha value is -2.41. The average Bonchev–Trinajstić information content (AvgIpc) is 3.30. The molecule has 4 heterocycles. The molecule has 2 aromatic heterocycles. The van der Waals surface area contributed by atoms with Crippen molar-refractivity contribution in [2.75, 3.05) is 26.7 Å². The summed E-state index contributed by atoms with van der Waals surface area (Å²) in [5.41, 5.74) is 3.39. The second-order valence-electron chi connectivity index (χ2n) is 7.28. The van der Waals surface area contributed by atoms with Gasteiger partial charge in [-0.05, 0) is 37.6 Å². The molecule has 2 aliphatic rings. The van der Waals surface area contributed by atoms with E-state index in [1.807, 2.05) is 22.1 Å². The van der Waals surface area contributed by atoms with Gasteiger partial charge >= 0.3 is 6.03 Å². The summed E-state index contributed by atoms with van der Waals surface area (Å²) in [7, 11) is 2.09. The van der Waals surface area contributed by atoms with Gasteiger partial charge in [0.25, 0.3) is 0 Å². The quantitative estimate of drug-likeness (QED) is 0.842. The maximum atomic E-state index is 12.6. The molecule has 7 nitrogen and oxygen atoms in total. The summed E-state index contributed by atoms with van der Waals surface area (Å²) in [5, 5.41) is 4.73. The molecule has 2 amide bonds. The van der Waals surface area contributed by atoms with Crippen molar-refractivity contribution in [2.24, 2.45) is 0 Å². The molecular formula is C19H26N6O. The Morgan fingerprint density at radius 3 is 2.77 bits per heavy atom. The van der Waals surface area contributed by atoms with Gasteiger partial charge in [-0.1, -0.05) is 6.07 Å². The van der Waals surface area contributed by atoms with Gasteiger partial charge in [0, 0.05) is 45.1 Å². The van der Waals surface area contributed by atoms with Crippen molar-refractivity contribution in [3.63, 3.8) is 0 Å². The Balaban J connectivity index is 1.37. The molecule has 0 aromatic carbocycles. The van der Waals surface area contributed by atoms with Crippen LogP contribution in [0, 0.1) is 0 Å². The number of rotatable bonds is 4. The first-order valence-electron chi connectivity index (χ1n) is 9.36. The van der Waals surface area contributed by atoms with Gasteiger partial charge in [-0.15, -0.1) is 0 Å². The lowest BCUT2D eigenvalue weighted by molar-refractivity contribution is 0.148. The van der Waals surface area contributed by atoms with Crippen LogP contribution in [0.1, 0.15) is 29.8 Å². The molecule has 26 heavy (non-hydrogen) atoms. The molecule has 1 saturated heterocycles. The topological polar surface area (TPSA) is 57.5 Å². The number of amides is 2. The van der Waals surface area contributed by atoms with E-state index in [1.54, 1.807) is 6.20 Å². The third kappa shape index (κ3) is 3.72. The summed E-state index contributed by atoms with van der Waals surface area (Å²) in [5.74, 6) is 0. The van der Waals surface area contributed by atoms with E-state index in [1.165, 1.54) is 5.56 Å². The number of hydrogen-bond acceptors (Lipinski definition) is 4. The maximum Gasteiger partial charge on any atom is 0.320 e. The van der Waals surface area contributed by atoms with E-state index in [4.69, 9.17) is 5.10 Å². The Morgan fingerprint density at radius 2 is 2.00 bits per heavy atom. The van der Waals surface area contributed by atoms with E-state index < -0.39 is 0 Å². The molecule has 0 unspecified atom stereocenters. The first-order valence-corrected chi connectivity index (χ1v) is 9.36. The molecular weight excluding hydrogens is 328 g/mol. The SMILES string of the molecule is CN(Cc1cccnc1)Cc1cc2n(n1)CCN(C(=O)N1CCCC1)C2. The molecule has 7 heteroatoms. The number of carbonyl (C=O) groups excluding carboxylic acids is 1. The zero-order valence-corrected chi connectivity index (χ0v) is 15.3. The fourth-order valence-electron chi connectivity index (χ4n) is 3.81. The summed E-state index contributed by atoms with van der Waals surface area (Å²) in [6.45, 7) is 5.62. The van der Waals surface area contributed by atoms with E-state index >= 15 is 0 Å². The van der Waals surface area contributed by atoms with Gasteiger partial charge in [-0.3, -0.25) is 14.6 Å². The highest BCUT2D eigenvalue weighted by Gasteiger charge is 2.27. The largest absolute Gasteiger partial charge is 0.325 e. The van der Waals surface area contributed by atoms with Gasteiger partial charge in [0.2, 0.25) is 0 Å². The van der Waals surface area contributed by atoms with Crippen molar-refractivity contribution >= 4 is 6.03 Å². The number of aromatic nitrogens is 3. The minimum atomic E-state index is 0.185. The van der Waals surface area contributed by atoms with Crippen molar-refractivity contribution in [3.8, 4) is 0 Å². The molecule has 1 fully saturated rings. The second-order valence-corrected chi connectivity index (χ2v) is 7.28. The van der Waals surface area contributed by atoms with E-state index in [-0.39, 0.29) is 6.03 Å². The summed E-state index contributed by atoms with van der Waals surface area (Å²) in [6, 6.07) is 6.38. The number of fused-ring (bicyclic) bond motifs is 1. The van der Waals surface area contributed by atoms with Crippen LogP contribution in [-0.2, 0) is 26.2 Å². The first kappa shape index (κ1) is 17.0. The normalized spacial score (nSPS) is 17.0. The highest BCUT2D eigenvalue weighted by atomic mass is 16.2. The van der Waals surface area contributed by atoms with Gasteiger partial charge in [-0.2, -0.15) is 5.10 Å². The zero-order chi connectivity index (χ0) is 17.9. The van der Waals surface area contributed by atoms with E-state index in [2.05, 4.69) is 33.7 Å². The van der Waals surface area contributed by atoms with Crippen molar-refractivity contribution in [1.29, 1.82) is 0 Å². The third-order valence-electron chi connectivity index (χ3n) is 5.10. The number of urea groups is 1.